The molecule has 0 saturated heterocycles. The lowest BCUT2D eigenvalue weighted by Crippen LogP contribution is -2.17. The zero-order chi connectivity index (χ0) is 23.8. The number of hydrogen-bond donors (Lipinski definition) is 2. The first kappa shape index (κ1) is 24.1. The maximum Gasteiger partial charge on any atom is 0.411 e. The number of hydrogen-bond acceptors (Lipinski definition) is 7. The van der Waals surface area contributed by atoms with Gasteiger partial charge >= 0.3 is 6.09 Å². The Morgan fingerprint density at radius 3 is 2.42 bits per heavy atom. The summed E-state index contributed by atoms with van der Waals surface area (Å²) in [5, 5.41) is 8.13. The number of nitrogens with one attached hydrogen (secondary N) is 2. The molecule has 0 saturated carbocycles. The predicted octanol–water partition coefficient (Wildman–Crippen LogP) is 5.21. The number of thiazole rings is 1. The summed E-state index contributed by atoms with van der Waals surface area (Å²) < 4.78 is 15.7. The molecule has 1 heterocycles. The van der Waals surface area contributed by atoms with Gasteiger partial charge in [-0.15, -0.1) is 11.3 Å². The summed E-state index contributed by atoms with van der Waals surface area (Å²) in [7, 11) is 3.17. The summed E-state index contributed by atoms with van der Waals surface area (Å²) in [4.78, 5) is 28.9. The van der Waals surface area contributed by atoms with Gasteiger partial charge in [-0.1, -0.05) is 19.9 Å². The molecular formula is C24H27N3O5S. The zero-order valence-electron chi connectivity index (χ0n) is 19.0. The first-order valence-corrected chi connectivity index (χ1v) is 11.3. The molecule has 2 N–H and O–H groups in total. The van der Waals surface area contributed by atoms with Gasteiger partial charge in [-0.05, 0) is 42.3 Å². The molecule has 2 aromatic carbocycles. The predicted molar refractivity (Wildman–Crippen MR) is 129 cm³/mol. The number of nitrogens with zero attached hydrogens (tertiary/aromatic N) is 1. The van der Waals surface area contributed by atoms with E-state index in [-0.39, 0.29) is 18.2 Å². The van der Waals surface area contributed by atoms with Crippen molar-refractivity contribution in [3.8, 4) is 22.1 Å². The van der Waals surface area contributed by atoms with Crippen LogP contribution in [0.25, 0.3) is 10.6 Å². The lowest BCUT2D eigenvalue weighted by molar-refractivity contribution is -0.115. The van der Waals surface area contributed by atoms with E-state index >= 15 is 0 Å². The van der Waals surface area contributed by atoms with E-state index in [9.17, 15) is 9.59 Å². The summed E-state index contributed by atoms with van der Waals surface area (Å²) in [6.07, 6.45) is -0.407. The highest BCUT2D eigenvalue weighted by molar-refractivity contribution is 7.13. The largest absolute Gasteiger partial charge is 0.493 e. The number of benzene rings is 2. The average molecular weight is 470 g/mol. The summed E-state index contributed by atoms with van der Waals surface area (Å²) in [6.45, 7) is 4.26. The van der Waals surface area contributed by atoms with Crippen molar-refractivity contribution >= 4 is 34.7 Å². The average Bonchev–Trinajstić information content (AvgIpc) is 3.25. The fourth-order valence-corrected chi connectivity index (χ4v) is 3.75. The van der Waals surface area contributed by atoms with Crippen molar-refractivity contribution in [2.24, 2.45) is 5.92 Å². The maximum atomic E-state index is 12.5. The van der Waals surface area contributed by atoms with Crippen LogP contribution in [0.15, 0.2) is 47.8 Å². The highest BCUT2D eigenvalue weighted by Gasteiger charge is 2.12. The van der Waals surface area contributed by atoms with Gasteiger partial charge in [0, 0.05) is 22.3 Å². The standard InChI is InChI=1S/C24H27N3O5S/c1-15(2)13-32-24(29)27-18-7-5-6-17(11-18)25-22(28)12-19-14-33-23(26-19)16-8-9-20(30-3)21(10-16)31-4/h5-11,14-15H,12-13H2,1-4H3,(H,25,28)(H,27,29). The Balaban J connectivity index is 1.60. The molecule has 0 aliphatic carbocycles. The van der Waals surface area contributed by atoms with E-state index in [1.807, 2.05) is 37.4 Å². The fraction of sp³-hybridized carbons (Fsp3) is 0.292. The normalized spacial score (nSPS) is 10.6. The van der Waals surface area contributed by atoms with Gasteiger partial charge in [-0.25, -0.2) is 9.78 Å². The minimum absolute atomic E-state index is 0.123. The van der Waals surface area contributed by atoms with Crippen LogP contribution in [-0.4, -0.2) is 37.8 Å². The van der Waals surface area contributed by atoms with Crippen LogP contribution in [0.1, 0.15) is 19.5 Å². The van der Waals surface area contributed by atoms with Crippen LogP contribution in [0, 0.1) is 5.92 Å². The number of aromatic nitrogens is 1. The molecule has 9 heteroatoms. The summed E-state index contributed by atoms with van der Waals surface area (Å²) in [5.41, 5.74) is 2.64. The van der Waals surface area contributed by atoms with Crippen molar-refractivity contribution in [2.45, 2.75) is 20.3 Å². The number of carbonyl (C=O) groups is 2. The smallest absolute Gasteiger partial charge is 0.411 e. The third-order valence-corrected chi connectivity index (χ3v) is 5.40. The van der Waals surface area contributed by atoms with Crippen molar-refractivity contribution in [3.05, 3.63) is 53.5 Å². The van der Waals surface area contributed by atoms with E-state index in [0.29, 0.717) is 35.2 Å². The molecule has 0 radical (unpaired) electrons. The molecule has 0 aliphatic rings. The van der Waals surface area contributed by atoms with Gasteiger partial charge in [0.15, 0.2) is 11.5 Å². The van der Waals surface area contributed by atoms with E-state index in [1.54, 1.807) is 38.5 Å². The number of amides is 2. The van der Waals surface area contributed by atoms with E-state index < -0.39 is 6.09 Å². The van der Waals surface area contributed by atoms with Crippen molar-refractivity contribution in [1.29, 1.82) is 0 Å². The number of methoxy groups -OCH3 is 2. The quantitative estimate of drug-likeness (QED) is 0.446. The van der Waals surface area contributed by atoms with Crippen molar-refractivity contribution in [3.63, 3.8) is 0 Å². The second kappa shape index (κ2) is 11.3. The van der Waals surface area contributed by atoms with E-state index in [2.05, 4.69) is 15.6 Å². The molecule has 0 aliphatic heterocycles. The number of rotatable bonds is 9. The number of ether oxygens (including phenoxy) is 3. The Morgan fingerprint density at radius 2 is 1.73 bits per heavy atom. The second-order valence-corrected chi connectivity index (χ2v) is 8.49. The number of anilines is 2. The zero-order valence-corrected chi connectivity index (χ0v) is 19.8. The molecule has 3 rings (SSSR count). The monoisotopic (exact) mass is 469 g/mol. The SMILES string of the molecule is COc1ccc(-c2nc(CC(=O)Nc3cccc(NC(=O)OCC(C)C)c3)cs2)cc1OC. The van der Waals surface area contributed by atoms with E-state index in [0.717, 1.165) is 10.6 Å². The molecule has 1 aromatic heterocycles. The van der Waals surface area contributed by atoms with Gasteiger partial charge in [0.05, 0.1) is 32.9 Å². The summed E-state index contributed by atoms with van der Waals surface area (Å²) >= 11 is 1.45. The van der Waals surface area contributed by atoms with Gasteiger partial charge < -0.3 is 19.5 Å². The first-order valence-electron chi connectivity index (χ1n) is 10.4. The van der Waals surface area contributed by atoms with E-state index in [1.165, 1.54) is 11.3 Å². The highest BCUT2D eigenvalue weighted by Crippen LogP contribution is 2.33. The van der Waals surface area contributed by atoms with Gasteiger partial charge in [0.25, 0.3) is 0 Å². The lowest BCUT2D eigenvalue weighted by atomic mass is 10.2. The Kier molecular flexibility index (Phi) is 8.26. The Bertz CT molecular complexity index is 1110. The van der Waals surface area contributed by atoms with Crippen molar-refractivity contribution in [2.75, 3.05) is 31.5 Å². The second-order valence-electron chi connectivity index (χ2n) is 7.64. The van der Waals surface area contributed by atoms with Gasteiger partial charge in [0.2, 0.25) is 5.91 Å². The molecule has 33 heavy (non-hydrogen) atoms. The molecule has 0 atom stereocenters. The van der Waals surface area contributed by atoms with Crippen LogP contribution in [-0.2, 0) is 16.0 Å². The summed E-state index contributed by atoms with van der Waals surface area (Å²) in [6, 6.07) is 12.5. The van der Waals surface area contributed by atoms with Crippen LogP contribution in [0.3, 0.4) is 0 Å². The fourth-order valence-electron chi connectivity index (χ4n) is 2.93. The van der Waals surface area contributed by atoms with Crippen molar-refractivity contribution in [1.82, 2.24) is 4.98 Å². The Labute approximate surface area is 196 Å². The number of carbonyl (C=O) groups excluding carboxylic acids is 2. The molecule has 8 nitrogen and oxygen atoms in total. The van der Waals surface area contributed by atoms with Crippen LogP contribution in [0.5, 0.6) is 11.5 Å². The first-order chi connectivity index (χ1) is 15.9. The molecule has 3 aromatic rings. The van der Waals surface area contributed by atoms with E-state index in [4.69, 9.17) is 14.2 Å². The maximum absolute atomic E-state index is 12.5. The molecule has 0 fully saturated rings. The molecule has 0 unspecified atom stereocenters. The third kappa shape index (κ3) is 6.95. The lowest BCUT2D eigenvalue weighted by Gasteiger charge is -2.10. The van der Waals surface area contributed by atoms with Gasteiger partial charge in [0.1, 0.15) is 5.01 Å². The Hall–Kier alpha value is -3.59. The highest BCUT2D eigenvalue weighted by atomic mass is 32.1. The Morgan fingerprint density at radius 1 is 1.00 bits per heavy atom. The minimum atomic E-state index is -0.530. The minimum Gasteiger partial charge on any atom is -0.493 e. The molecule has 0 bridgehead atoms. The third-order valence-electron chi connectivity index (χ3n) is 4.46. The van der Waals surface area contributed by atoms with Crippen LogP contribution < -0.4 is 20.1 Å². The molecular weight excluding hydrogens is 442 g/mol. The van der Waals surface area contributed by atoms with Crippen LogP contribution in [0.4, 0.5) is 16.2 Å². The summed E-state index contributed by atoms with van der Waals surface area (Å²) in [5.74, 6) is 1.30. The molecule has 174 valence electrons. The topological polar surface area (TPSA) is 98.8 Å². The molecule has 2 amide bonds. The molecule has 0 spiro atoms. The van der Waals surface area contributed by atoms with Gasteiger partial charge in [-0.3, -0.25) is 10.1 Å². The van der Waals surface area contributed by atoms with Crippen LogP contribution >= 0.6 is 11.3 Å². The van der Waals surface area contributed by atoms with Gasteiger partial charge in [-0.2, -0.15) is 0 Å². The van der Waals surface area contributed by atoms with Crippen molar-refractivity contribution < 1.29 is 23.8 Å². The van der Waals surface area contributed by atoms with Crippen LogP contribution in [0.2, 0.25) is 0 Å².